The lowest BCUT2D eigenvalue weighted by Gasteiger charge is -2.24. The SMILES string of the molecule is CCCNC(C)C1(CCOc2ccccc2OCC)CC1. The molecule has 1 N–H and O–H groups in total. The highest BCUT2D eigenvalue weighted by Gasteiger charge is 2.46. The van der Waals surface area contributed by atoms with E-state index in [0.717, 1.165) is 31.1 Å². The summed E-state index contributed by atoms with van der Waals surface area (Å²) >= 11 is 0. The first-order chi connectivity index (χ1) is 10.2. The van der Waals surface area contributed by atoms with Gasteiger partial charge in [-0.05, 0) is 63.6 Å². The van der Waals surface area contributed by atoms with Gasteiger partial charge >= 0.3 is 0 Å². The molecule has 3 heteroatoms. The maximum absolute atomic E-state index is 5.97. The Bertz CT molecular complexity index is 429. The van der Waals surface area contributed by atoms with Crippen molar-refractivity contribution in [2.45, 2.75) is 52.5 Å². The summed E-state index contributed by atoms with van der Waals surface area (Å²) in [6.07, 6.45) is 4.95. The standard InChI is InChI=1S/C18H29NO2/c1-4-13-19-15(3)18(10-11-18)12-14-21-17-9-7-6-8-16(17)20-5-2/h6-9,15,19H,4-5,10-14H2,1-3H3. The molecule has 1 aromatic carbocycles. The molecule has 1 unspecified atom stereocenters. The number of ether oxygens (including phenoxy) is 2. The van der Waals surface area contributed by atoms with Crippen molar-refractivity contribution < 1.29 is 9.47 Å². The first kappa shape index (κ1) is 16.2. The fourth-order valence-electron chi connectivity index (χ4n) is 2.85. The van der Waals surface area contributed by atoms with Gasteiger partial charge in [-0.2, -0.15) is 0 Å². The Kier molecular flexibility index (Phi) is 5.92. The molecule has 0 radical (unpaired) electrons. The molecular weight excluding hydrogens is 262 g/mol. The summed E-state index contributed by atoms with van der Waals surface area (Å²) in [6.45, 7) is 9.07. The average Bonchev–Trinajstić information content (AvgIpc) is 3.28. The fraction of sp³-hybridized carbons (Fsp3) is 0.667. The predicted octanol–water partition coefficient (Wildman–Crippen LogP) is 4.02. The number of hydrogen-bond acceptors (Lipinski definition) is 3. The van der Waals surface area contributed by atoms with E-state index >= 15 is 0 Å². The highest BCUT2D eigenvalue weighted by Crippen LogP contribution is 2.51. The van der Waals surface area contributed by atoms with Gasteiger partial charge in [0, 0.05) is 6.04 Å². The lowest BCUT2D eigenvalue weighted by atomic mass is 9.94. The van der Waals surface area contributed by atoms with Crippen LogP contribution < -0.4 is 14.8 Å². The Morgan fingerprint density at radius 3 is 2.38 bits per heavy atom. The van der Waals surface area contributed by atoms with E-state index in [4.69, 9.17) is 9.47 Å². The van der Waals surface area contributed by atoms with Crippen LogP contribution in [0.5, 0.6) is 11.5 Å². The summed E-state index contributed by atoms with van der Waals surface area (Å²) in [4.78, 5) is 0. The van der Waals surface area contributed by atoms with E-state index in [0.29, 0.717) is 18.1 Å². The Morgan fingerprint density at radius 2 is 1.81 bits per heavy atom. The van der Waals surface area contributed by atoms with Crippen LogP contribution in [-0.2, 0) is 0 Å². The molecule has 2 rings (SSSR count). The lowest BCUT2D eigenvalue weighted by molar-refractivity contribution is 0.226. The quantitative estimate of drug-likeness (QED) is 0.706. The molecule has 3 nitrogen and oxygen atoms in total. The lowest BCUT2D eigenvalue weighted by Crippen LogP contribution is -2.36. The predicted molar refractivity (Wildman–Crippen MR) is 87.1 cm³/mol. The van der Waals surface area contributed by atoms with Gasteiger partial charge in [0.2, 0.25) is 0 Å². The normalized spacial score (nSPS) is 17.3. The van der Waals surface area contributed by atoms with Crippen molar-refractivity contribution in [2.24, 2.45) is 5.41 Å². The van der Waals surface area contributed by atoms with Gasteiger partial charge in [0.1, 0.15) is 0 Å². The summed E-state index contributed by atoms with van der Waals surface area (Å²) in [7, 11) is 0. The van der Waals surface area contributed by atoms with Gasteiger partial charge in [0.15, 0.2) is 11.5 Å². The molecule has 21 heavy (non-hydrogen) atoms. The third-order valence-electron chi connectivity index (χ3n) is 4.52. The van der Waals surface area contributed by atoms with Crippen molar-refractivity contribution in [3.63, 3.8) is 0 Å². The minimum Gasteiger partial charge on any atom is -0.490 e. The smallest absolute Gasteiger partial charge is 0.161 e. The maximum Gasteiger partial charge on any atom is 0.161 e. The Hall–Kier alpha value is -1.22. The second-order valence-corrected chi connectivity index (χ2v) is 6.02. The monoisotopic (exact) mass is 291 g/mol. The molecule has 1 aliphatic rings. The average molecular weight is 291 g/mol. The molecule has 1 saturated carbocycles. The second-order valence-electron chi connectivity index (χ2n) is 6.02. The summed E-state index contributed by atoms with van der Waals surface area (Å²) < 4.78 is 11.6. The third-order valence-corrected chi connectivity index (χ3v) is 4.52. The Morgan fingerprint density at radius 1 is 1.14 bits per heavy atom. The van der Waals surface area contributed by atoms with Crippen LogP contribution in [0.3, 0.4) is 0 Å². The van der Waals surface area contributed by atoms with Crippen LogP contribution in [0.15, 0.2) is 24.3 Å². The largest absolute Gasteiger partial charge is 0.490 e. The molecule has 0 bridgehead atoms. The Balaban J connectivity index is 1.81. The molecule has 1 aliphatic carbocycles. The second kappa shape index (κ2) is 7.69. The van der Waals surface area contributed by atoms with Crippen molar-refractivity contribution >= 4 is 0 Å². The number of nitrogens with one attached hydrogen (secondary N) is 1. The van der Waals surface area contributed by atoms with Gasteiger partial charge < -0.3 is 14.8 Å². The van der Waals surface area contributed by atoms with E-state index in [9.17, 15) is 0 Å². The number of benzene rings is 1. The number of rotatable bonds is 10. The van der Waals surface area contributed by atoms with Gasteiger partial charge in [-0.1, -0.05) is 19.1 Å². The van der Waals surface area contributed by atoms with Crippen LogP contribution in [0.25, 0.3) is 0 Å². The Labute approximate surface area is 129 Å². The van der Waals surface area contributed by atoms with Crippen molar-refractivity contribution in [3.05, 3.63) is 24.3 Å². The van der Waals surface area contributed by atoms with Crippen LogP contribution in [0.4, 0.5) is 0 Å². The molecule has 1 aromatic rings. The van der Waals surface area contributed by atoms with E-state index in [1.54, 1.807) is 0 Å². The third kappa shape index (κ3) is 4.37. The maximum atomic E-state index is 5.97. The molecular formula is C18H29NO2. The van der Waals surface area contributed by atoms with Crippen molar-refractivity contribution in [1.82, 2.24) is 5.32 Å². The summed E-state index contributed by atoms with van der Waals surface area (Å²) in [5.41, 5.74) is 0.454. The molecule has 1 fully saturated rings. The van der Waals surface area contributed by atoms with E-state index < -0.39 is 0 Å². The minimum absolute atomic E-state index is 0.454. The number of para-hydroxylation sites is 2. The van der Waals surface area contributed by atoms with Crippen molar-refractivity contribution in [2.75, 3.05) is 19.8 Å². The molecule has 0 aliphatic heterocycles. The zero-order valence-corrected chi connectivity index (χ0v) is 13.7. The zero-order valence-electron chi connectivity index (χ0n) is 13.7. The van der Waals surface area contributed by atoms with Crippen LogP contribution in [0.2, 0.25) is 0 Å². The minimum atomic E-state index is 0.454. The van der Waals surface area contributed by atoms with Crippen LogP contribution >= 0.6 is 0 Å². The van der Waals surface area contributed by atoms with Crippen LogP contribution in [0.1, 0.15) is 46.5 Å². The highest BCUT2D eigenvalue weighted by molar-refractivity contribution is 5.39. The topological polar surface area (TPSA) is 30.5 Å². The van der Waals surface area contributed by atoms with Gasteiger partial charge in [0.05, 0.1) is 13.2 Å². The molecule has 0 aromatic heterocycles. The van der Waals surface area contributed by atoms with Gasteiger partial charge in [-0.25, -0.2) is 0 Å². The molecule has 1 atom stereocenters. The first-order valence-electron chi connectivity index (χ1n) is 8.30. The molecule has 0 amide bonds. The summed E-state index contributed by atoms with van der Waals surface area (Å²) in [6, 6.07) is 8.52. The van der Waals surface area contributed by atoms with E-state index in [2.05, 4.69) is 19.2 Å². The summed E-state index contributed by atoms with van der Waals surface area (Å²) in [5, 5.41) is 3.64. The van der Waals surface area contributed by atoms with Crippen molar-refractivity contribution in [3.8, 4) is 11.5 Å². The van der Waals surface area contributed by atoms with Gasteiger partial charge in [-0.3, -0.25) is 0 Å². The summed E-state index contributed by atoms with van der Waals surface area (Å²) in [5.74, 6) is 1.71. The van der Waals surface area contributed by atoms with E-state index in [-0.39, 0.29) is 0 Å². The highest BCUT2D eigenvalue weighted by atomic mass is 16.5. The van der Waals surface area contributed by atoms with E-state index in [1.165, 1.54) is 19.3 Å². The van der Waals surface area contributed by atoms with Gasteiger partial charge in [-0.15, -0.1) is 0 Å². The van der Waals surface area contributed by atoms with Crippen LogP contribution in [0, 0.1) is 5.41 Å². The van der Waals surface area contributed by atoms with Crippen molar-refractivity contribution in [1.29, 1.82) is 0 Å². The van der Waals surface area contributed by atoms with Gasteiger partial charge in [0.25, 0.3) is 0 Å². The molecule has 118 valence electrons. The van der Waals surface area contributed by atoms with Crippen LogP contribution in [-0.4, -0.2) is 25.8 Å². The fourth-order valence-corrected chi connectivity index (χ4v) is 2.85. The molecule has 0 heterocycles. The zero-order chi connectivity index (χ0) is 15.1. The number of hydrogen-bond donors (Lipinski definition) is 1. The van der Waals surface area contributed by atoms with E-state index in [1.807, 2.05) is 31.2 Å². The first-order valence-corrected chi connectivity index (χ1v) is 8.30. The molecule has 0 spiro atoms. The molecule has 0 saturated heterocycles.